The van der Waals surface area contributed by atoms with Crippen molar-refractivity contribution in [3.8, 4) is 0 Å². The highest BCUT2D eigenvalue weighted by Crippen LogP contribution is 2.12. The second-order valence-electron chi connectivity index (χ2n) is 5.44. The fourth-order valence-corrected chi connectivity index (χ4v) is 2.13. The van der Waals surface area contributed by atoms with E-state index in [4.69, 9.17) is 11.6 Å². The lowest BCUT2D eigenvalue weighted by Crippen LogP contribution is -2.48. The molecule has 0 fully saturated rings. The molecule has 26 heavy (non-hydrogen) atoms. The Labute approximate surface area is 155 Å². The van der Waals surface area contributed by atoms with Crippen LogP contribution in [0.2, 0.25) is 5.02 Å². The average molecular weight is 372 g/mol. The third-order valence-corrected chi connectivity index (χ3v) is 3.66. The van der Waals surface area contributed by atoms with Crippen LogP contribution in [0.25, 0.3) is 6.08 Å². The number of carbonyl (C=O) groups excluding carboxylic acids is 3. The molecule has 0 aliphatic heterocycles. The van der Waals surface area contributed by atoms with Crippen molar-refractivity contribution in [1.82, 2.24) is 10.6 Å². The van der Waals surface area contributed by atoms with Crippen molar-refractivity contribution in [3.05, 3.63) is 76.4 Å². The third kappa shape index (κ3) is 5.46. The van der Waals surface area contributed by atoms with Crippen LogP contribution in [-0.2, 0) is 9.59 Å². The van der Waals surface area contributed by atoms with Gasteiger partial charge in [0.1, 0.15) is 5.70 Å². The number of amides is 2. The highest BCUT2D eigenvalue weighted by Gasteiger charge is 2.16. The number of carboxylic acids is 1. The number of benzene rings is 2. The molecule has 0 aliphatic carbocycles. The summed E-state index contributed by atoms with van der Waals surface area (Å²) in [6, 6.07) is 13.7. The van der Waals surface area contributed by atoms with Gasteiger partial charge in [-0.15, -0.1) is 0 Å². The van der Waals surface area contributed by atoms with Crippen molar-refractivity contribution in [2.45, 2.75) is 13.0 Å². The Hall–Kier alpha value is -3.12. The maximum atomic E-state index is 12.4. The molecule has 6 nitrogen and oxygen atoms in total. The molecule has 7 heteroatoms. The van der Waals surface area contributed by atoms with Crippen LogP contribution in [0.5, 0.6) is 0 Å². The smallest absolute Gasteiger partial charge is 0.268 e. The van der Waals surface area contributed by atoms with Gasteiger partial charge in [-0.1, -0.05) is 41.9 Å². The molecule has 0 radical (unpaired) electrons. The van der Waals surface area contributed by atoms with E-state index >= 15 is 0 Å². The van der Waals surface area contributed by atoms with Crippen molar-refractivity contribution in [1.29, 1.82) is 0 Å². The van der Waals surface area contributed by atoms with E-state index in [1.807, 2.05) is 0 Å². The molecule has 0 bridgehead atoms. The Morgan fingerprint density at radius 3 is 2.23 bits per heavy atom. The van der Waals surface area contributed by atoms with E-state index in [1.165, 1.54) is 13.0 Å². The molecular formula is C19H16ClN2O4-. The number of hydrogen-bond donors (Lipinski definition) is 2. The van der Waals surface area contributed by atoms with Gasteiger partial charge in [0.2, 0.25) is 0 Å². The van der Waals surface area contributed by atoms with E-state index < -0.39 is 23.8 Å². The van der Waals surface area contributed by atoms with E-state index in [0.717, 1.165) is 0 Å². The zero-order valence-electron chi connectivity index (χ0n) is 13.9. The summed E-state index contributed by atoms with van der Waals surface area (Å²) in [5.41, 5.74) is 0.860. The Balaban J connectivity index is 2.28. The maximum Gasteiger partial charge on any atom is 0.268 e. The van der Waals surface area contributed by atoms with Gasteiger partial charge < -0.3 is 20.5 Å². The van der Waals surface area contributed by atoms with Crippen LogP contribution in [0.4, 0.5) is 0 Å². The standard InChI is InChI=1S/C19H17ClN2O4/c1-12(19(25)26)21-18(24)16(11-13-7-9-15(20)10-8-13)22-17(23)14-5-3-2-4-6-14/h2-12H,1H3,(H,21,24)(H,22,23)(H,25,26)/p-1/b16-11+/t12-/m1/s1. The van der Waals surface area contributed by atoms with Crippen molar-refractivity contribution in [2.24, 2.45) is 0 Å². The van der Waals surface area contributed by atoms with Crippen LogP contribution in [0.15, 0.2) is 60.3 Å². The molecule has 0 aliphatic rings. The zero-order valence-corrected chi connectivity index (χ0v) is 14.6. The summed E-state index contributed by atoms with van der Waals surface area (Å²) in [4.78, 5) is 35.6. The fraction of sp³-hybridized carbons (Fsp3) is 0.105. The summed E-state index contributed by atoms with van der Waals surface area (Å²) in [5.74, 6) is -2.68. The SMILES string of the molecule is C[C@@H](NC(=O)/C(=C\c1ccc(Cl)cc1)NC(=O)c1ccccc1)C(=O)[O-]. The molecule has 0 saturated carbocycles. The van der Waals surface area contributed by atoms with Crippen LogP contribution in [-0.4, -0.2) is 23.8 Å². The number of nitrogens with one attached hydrogen (secondary N) is 2. The molecule has 2 amide bonds. The molecule has 1 atom stereocenters. The molecule has 0 spiro atoms. The number of carboxylic acid groups (broad SMARTS) is 1. The van der Waals surface area contributed by atoms with Gasteiger partial charge in [-0.3, -0.25) is 9.59 Å². The number of rotatable bonds is 6. The third-order valence-electron chi connectivity index (χ3n) is 3.41. The van der Waals surface area contributed by atoms with Crippen LogP contribution < -0.4 is 15.7 Å². The van der Waals surface area contributed by atoms with Crippen LogP contribution >= 0.6 is 11.6 Å². The lowest BCUT2D eigenvalue weighted by molar-refractivity contribution is -0.307. The van der Waals surface area contributed by atoms with E-state index in [2.05, 4.69) is 10.6 Å². The summed E-state index contributed by atoms with van der Waals surface area (Å²) in [5, 5.41) is 16.1. The molecule has 0 heterocycles. The molecular weight excluding hydrogens is 356 g/mol. The highest BCUT2D eigenvalue weighted by molar-refractivity contribution is 6.30. The first kappa shape index (κ1) is 19.2. The molecule has 134 valence electrons. The predicted molar refractivity (Wildman–Crippen MR) is 95.9 cm³/mol. The monoisotopic (exact) mass is 371 g/mol. The Bertz CT molecular complexity index is 832. The predicted octanol–water partition coefficient (Wildman–Crippen LogP) is 1.37. The summed E-state index contributed by atoms with van der Waals surface area (Å²) in [6.45, 7) is 1.27. The molecule has 0 aromatic heterocycles. The average Bonchev–Trinajstić information content (AvgIpc) is 2.63. The van der Waals surface area contributed by atoms with Crippen LogP contribution in [0.1, 0.15) is 22.8 Å². The van der Waals surface area contributed by atoms with E-state index in [0.29, 0.717) is 16.1 Å². The van der Waals surface area contributed by atoms with Gasteiger partial charge in [-0.05, 0) is 42.8 Å². The van der Waals surface area contributed by atoms with Gasteiger partial charge in [-0.25, -0.2) is 0 Å². The first-order valence-electron chi connectivity index (χ1n) is 7.72. The fourth-order valence-electron chi connectivity index (χ4n) is 2.00. The summed E-state index contributed by atoms with van der Waals surface area (Å²) >= 11 is 5.84. The quantitative estimate of drug-likeness (QED) is 0.749. The largest absolute Gasteiger partial charge is 0.548 e. The number of aliphatic carboxylic acids is 1. The molecule has 0 unspecified atom stereocenters. The second-order valence-corrected chi connectivity index (χ2v) is 5.88. The maximum absolute atomic E-state index is 12.4. The summed E-state index contributed by atoms with van der Waals surface area (Å²) in [7, 11) is 0. The van der Waals surface area contributed by atoms with Crippen LogP contribution in [0.3, 0.4) is 0 Å². The van der Waals surface area contributed by atoms with Crippen molar-refractivity contribution in [3.63, 3.8) is 0 Å². The topological polar surface area (TPSA) is 98.3 Å². The molecule has 2 rings (SSSR count). The van der Waals surface area contributed by atoms with Gasteiger partial charge in [0.25, 0.3) is 11.8 Å². The first-order chi connectivity index (χ1) is 12.4. The Morgan fingerprint density at radius 1 is 1.04 bits per heavy atom. The lowest BCUT2D eigenvalue weighted by atomic mass is 10.1. The van der Waals surface area contributed by atoms with Gasteiger partial charge in [0.05, 0.1) is 12.0 Å². The number of carbonyl (C=O) groups is 3. The minimum Gasteiger partial charge on any atom is -0.548 e. The summed E-state index contributed by atoms with van der Waals surface area (Å²) < 4.78 is 0. The molecule has 2 aromatic carbocycles. The van der Waals surface area contributed by atoms with Gasteiger partial charge in [0, 0.05) is 10.6 Å². The van der Waals surface area contributed by atoms with Gasteiger partial charge in [-0.2, -0.15) is 0 Å². The summed E-state index contributed by atoms with van der Waals surface area (Å²) in [6.07, 6.45) is 1.43. The molecule has 0 saturated heterocycles. The molecule has 2 aromatic rings. The Kier molecular flexibility index (Phi) is 6.52. The number of hydrogen-bond acceptors (Lipinski definition) is 4. The van der Waals surface area contributed by atoms with Crippen molar-refractivity contribution < 1.29 is 19.5 Å². The van der Waals surface area contributed by atoms with Crippen molar-refractivity contribution in [2.75, 3.05) is 0 Å². The van der Waals surface area contributed by atoms with Gasteiger partial charge in [0.15, 0.2) is 0 Å². The highest BCUT2D eigenvalue weighted by atomic mass is 35.5. The normalized spacial score (nSPS) is 12.2. The van der Waals surface area contributed by atoms with E-state index in [9.17, 15) is 19.5 Å². The van der Waals surface area contributed by atoms with E-state index in [-0.39, 0.29) is 5.70 Å². The lowest BCUT2D eigenvalue weighted by Gasteiger charge is -2.17. The second kappa shape index (κ2) is 8.82. The van der Waals surface area contributed by atoms with E-state index in [1.54, 1.807) is 54.6 Å². The molecule has 2 N–H and O–H groups in total. The van der Waals surface area contributed by atoms with Crippen molar-refractivity contribution >= 4 is 35.5 Å². The minimum absolute atomic E-state index is 0.103. The minimum atomic E-state index is -1.43. The van der Waals surface area contributed by atoms with Crippen LogP contribution in [0, 0.1) is 0 Å². The zero-order chi connectivity index (χ0) is 19.1. The Morgan fingerprint density at radius 2 is 1.65 bits per heavy atom. The first-order valence-corrected chi connectivity index (χ1v) is 8.10. The van der Waals surface area contributed by atoms with Gasteiger partial charge >= 0.3 is 0 Å². The number of halogens is 1.